The molecule has 2 aliphatic rings. The van der Waals surface area contributed by atoms with Gasteiger partial charge in [0.05, 0.1) is 12.4 Å². The summed E-state index contributed by atoms with van der Waals surface area (Å²) in [7, 11) is 0. The summed E-state index contributed by atoms with van der Waals surface area (Å²) in [5.41, 5.74) is 0.526. The molecule has 1 aromatic heterocycles. The van der Waals surface area contributed by atoms with Gasteiger partial charge in [0.2, 0.25) is 5.95 Å². The number of anilines is 1. The van der Waals surface area contributed by atoms with E-state index >= 15 is 0 Å². The molecule has 0 radical (unpaired) electrons. The normalized spacial score (nSPS) is 27.3. The van der Waals surface area contributed by atoms with E-state index in [2.05, 4.69) is 21.8 Å². The lowest BCUT2D eigenvalue weighted by atomic mass is 9.95. The number of hydrogen-bond donors (Lipinski definition) is 0. The van der Waals surface area contributed by atoms with Gasteiger partial charge in [-0.1, -0.05) is 6.92 Å². The van der Waals surface area contributed by atoms with Crippen LogP contribution < -0.4 is 4.90 Å². The monoisotopic (exact) mass is 207 g/mol. The number of rotatable bonds is 1. The molecular weight excluding hydrogens is 193 g/mol. The molecule has 1 saturated heterocycles. The Kier molecular flexibility index (Phi) is 1.75. The standard InChI is InChI=1S/C11H14FN3/c1-8-6-15(7-11(8)2-3-11)10-13-4-9(12)5-14-10/h4-5,8H,2-3,6-7H2,1H3/t8-/m0/s1. The molecule has 15 heavy (non-hydrogen) atoms. The minimum atomic E-state index is -0.368. The first-order chi connectivity index (χ1) is 7.20. The number of nitrogens with zero attached hydrogens (tertiary/aromatic N) is 3. The molecule has 2 fully saturated rings. The quantitative estimate of drug-likeness (QED) is 0.703. The molecule has 1 saturated carbocycles. The van der Waals surface area contributed by atoms with Crippen molar-refractivity contribution < 1.29 is 4.39 Å². The molecule has 0 amide bonds. The second kappa shape index (κ2) is 2.90. The molecule has 0 unspecified atom stereocenters. The average Bonchev–Trinajstić information content (AvgIpc) is 2.91. The van der Waals surface area contributed by atoms with Crippen molar-refractivity contribution in [1.29, 1.82) is 0 Å². The van der Waals surface area contributed by atoms with Crippen LogP contribution in [-0.4, -0.2) is 23.1 Å². The third-order valence-electron chi connectivity index (χ3n) is 3.83. The van der Waals surface area contributed by atoms with E-state index in [1.165, 1.54) is 25.2 Å². The minimum Gasteiger partial charge on any atom is -0.340 e. The summed E-state index contributed by atoms with van der Waals surface area (Å²) in [6.07, 6.45) is 5.13. The highest BCUT2D eigenvalue weighted by Gasteiger charge is 2.53. The summed E-state index contributed by atoms with van der Waals surface area (Å²) in [5, 5.41) is 0. The summed E-state index contributed by atoms with van der Waals surface area (Å²) < 4.78 is 12.7. The van der Waals surface area contributed by atoms with E-state index in [-0.39, 0.29) is 5.82 Å². The average molecular weight is 207 g/mol. The Bertz CT molecular complexity index is 372. The highest BCUT2D eigenvalue weighted by atomic mass is 19.1. The Balaban J connectivity index is 1.82. The van der Waals surface area contributed by atoms with E-state index in [0.29, 0.717) is 17.3 Å². The topological polar surface area (TPSA) is 29.0 Å². The van der Waals surface area contributed by atoms with Gasteiger partial charge in [0.15, 0.2) is 5.82 Å². The largest absolute Gasteiger partial charge is 0.340 e. The lowest BCUT2D eigenvalue weighted by Gasteiger charge is -2.15. The van der Waals surface area contributed by atoms with E-state index in [1.807, 2.05) is 0 Å². The third-order valence-corrected chi connectivity index (χ3v) is 3.83. The summed E-state index contributed by atoms with van der Waals surface area (Å²) in [6, 6.07) is 0. The second-order valence-corrected chi connectivity index (χ2v) is 4.85. The zero-order valence-corrected chi connectivity index (χ0v) is 8.78. The summed E-state index contributed by atoms with van der Waals surface area (Å²) in [5.74, 6) is 1.02. The highest BCUT2D eigenvalue weighted by molar-refractivity contribution is 5.34. The van der Waals surface area contributed by atoms with Gasteiger partial charge in [-0.05, 0) is 24.2 Å². The fraction of sp³-hybridized carbons (Fsp3) is 0.636. The molecule has 1 atom stereocenters. The Morgan fingerprint density at radius 3 is 2.60 bits per heavy atom. The maximum Gasteiger partial charge on any atom is 0.225 e. The minimum absolute atomic E-state index is 0.368. The van der Waals surface area contributed by atoms with Crippen molar-refractivity contribution in [2.24, 2.45) is 11.3 Å². The van der Waals surface area contributed by atoms with Gasteiger partial charge < -0.3 is 4.90 Å². The van der Waals surface area contributed by atoms with E-state index in [1.54, 1.807) is 0 Å². The fourth-order valence-electron chi connectivity index (χ4n) is 2.56. The van der Waals surface area contributed by atoms with Crippen LogP contribution >= 0.6 is 0 Å². The van der Waals surface area contributed by atoms with E-state index < -0.39 is 0 Å². The van der Waals surface area contributed by atoms with Gasteiger partial charge in [0, 0.05) is 13.1 Å². The summed E-state index contributed by atoms with van der Waals surface area (Å²) in [6.45, 7) is 4.34. The summed E-state index contributed by atoms with van der Waals surface area (Å²) in [4.78, 5) is 10.2. The van der Waals surface area contributed by atoms with Crippen molar-refractivity contribution in [2.75, 3.05) is 18.0 Å². The lowest BCUT2D eigenvalue weighted by molar-refractivity contribution is 0.432. The summed E-state index contributed by atoms with van der Waals surface area (Å²) >= 11 is 0. The highest BCUT2D eigenvalue weighted by Crippen LogP contribution is 2.56. The third kappa shape index (κ3) is 1.39. The number of aromatic nitrogens is 2. The van der Waals surface area contributed by atoms with Gasteiger partial charge in [0.1, 0.15) is 0 Å². The number of hydrogen-bond acceptors (Lipinski definition) is 3. The van der Waals surface area contributed by atoms with Crippen LogP contribution in [0.2, 0.25) is 0 Å². The van der Waals surface area contributed by atoms with Crippen LogP contribution in [-0.2, 0) is 0 Å². The van der Waals surface area contributed by atoms with Crippen molar-refractivity contribution in [1.82, 2.24) is 9.97 Å². The van der Waals surface area contributed by atoms with Gasteiger partial charge in [0.25, 0.3) is 0 Å². The maximum atomic E-state index is 12.7. The molecule has 1 aromatic rings. The van der Waals surface area contributed by atoms with Crippen molar-refractivity contribution in [3.8, 4) is 0 Å². The van der Waals surface area contributed by atoms with Crippen LogP contribution in [0.4, 0.5) is 10.3 Å². The molecule has 80 valence electrons. The molecule has 4 heteroatoms. The van der Waals surface area contributed by atoms with Crippen molar-refractivity contribution in [3.05, 3.63) is 18.2 Å². The Hall–Kier alpha value is -1.19. The molecule has 3 nitrogen and oxygen atoms in total. The molecular formula is C11H14FN3. The van der Waals surface area contributed by atoms with Crippen LogP contribution in [0.15, 0.2) is 12.4 Å². The predicted molar refractivity (Wildman–Crippen MR) is 55.0 cm³/mol. The Morgan fingerprint density at radius 2 is 2.07 bits per heavy atom. The molecule has 1 spiro atoms. The molecule has 0 bridgehead atoms. The van der Waals surface area contributed by atoms with Crippen molar-refractivity contribution in [3.63, 3.8) is 0 Å². The van der Waals surface area contributed by atoms with Crippen LogP contribution in [0, 0.1) is 17.2 Å². The van der Waals surface area contributed by atoms with Crippen LogP contribution in [0.1, 0.15) is 19.8 Å². The molecule has 0 aromatic carbocycles. The Morgan fingerprint density at radius 1 is 1.40 bits per heavy atom. The van der Waals surface area contributed by atoms with Gasteiger partial charge in [-0.2, -0.15) is 0 Å². The lowest BCUT2D eigenvalue weighted by Crippen LogP contribution is -2.22. The Labute approximate surface area is 88.3 Å². The first-order valence-electron chi connectivity index (χ1n) is 5.42. The number of halogens is 1. The fourth-order valence-corrected chi connectivity index (χ4v) is 2.56. The smallest absolute Gasteiger partial charge is 0.225 e. The molecule has 2 heterocycles. The van der Waals surface area contributed by atoms with Crippen LogP contribution in [0.25, 0.3) is 0 Å². The van der Waals surface area contributed by atoms with Crippen LogP contribution in [0.5, 0.6) is 0 Å². The first kappa shape index (κ1) is 9.07. The molecule has 1 aliphatic carbocycles. The van der Waals surface area contributed by atoms with E-state index in [0.717, 1.165) is 13.1 Å². The second-order valence-electron chi connectivity index (χ2n) is 4.85. The van der Waals surface area contributed by atoms with Crippen molar-refractivity contribution >= 4 is 5.95 Å². The molecule has 3 rings (SSSR count). The van der Waals surface area contributed by atoms with Gasteiger partial charge in [-0.3, -0.25) is 0 Å². The van der Waals surface area contributed by atoms with E-state index in [9.17, 15) is 4.39 Å². The van der Waals surface area contributed by atoms with Crippen LogP contribution in [0.3, 0.4) is 0 Å². The molecule has 1 aliphatic heterocycles. The van der Waals surface area contributed by atoms with E-state index in [4.69, 9.17) is 0 Å². The predicted octanol–water partition coefficient (Wildman–Crippen LogP) is 1.85. The maximum absolute atomic E-state index is 12.7. The van der Waals surface area contributed by atoms with Crippen molar-refractivity contribution in [2.45, 2.75) is 19.8 Å². The van der Waals surface area contributed by atoms with Gasteiger partial charge in [-0.25, -0.2) is 14.4 Å². The molecule has 0 N–H and O–H groups in total. The van der Waals surface area contributed by atoms with Gasteiger partial charge in [-0.15, -0.1) is 0 Å². The zero-order valence-electron chi connectivity index (χ0n) is 8.78. The SMILES string of the molecule is C[C@H]1CN(c2ncc(F)cn2)CC12CC2. The zero-order chi connectivity index (χ0) is 10.5. The first-order valence-corrected chi connectivity index (χ1v) is 5.42. The van der Waals surface area contributed by atoms with Gasteiger partial charge >= 0.3 is 0 Å².